The number of amidine groups is 1. The lowest BCUT2D eigenvalue weighted by Crippen LogP contribution is -2.28. The first-order chi connectivity index (χ1) is 15.6. The van der Waals surface area contributed by atoms with Gasteiger partial charge in [-0.3, -0.25) is 9.69 Å². The molecule has 2 heterocycles. The second kappa shape index (κ2) is 10.1. The SMILES string of the molecule is COc1ccccc1/C=C1\S/C(=N/N=C\c2cccc(Cl)c2Cl)N(Cc2ccco2)C1=O. The number of methoxy groups -OCH3 is 1. The highest BCUT2D eigenvalue weighted by molar-refractivity contribution is 8.18. The Labute approximate surface area is 199 Å². The number of rotatable bonds is 6. The van der Waals surface area contributed by atoms with Gasteiger partial charge in [-0.1, -0.05) is 53.5 Å². The molecule has 3 aromatic rings. The molecule has 162 valence electrons. The zero-order chi connectivity index (χ0) is 22.5. The zero-order valence-corrected chi connectivity index (χ0v) is 19.2. The first-order valence-corrected chi connectivity index (χ1v) is 11.1. The van der Waals surface area contributed by atoms with Gasteiger partial charge in [-0.2, -0.15) is 5.10 Å². The van der Waals surface area contributed by atoms with E-state index < -0.39 is 0 Å². The van der Waals surface area contributed by atoms with Crippen molar-refractivity contribution in [3.8, 4) is 5.75 Å². The summed E-state index contributed by atoms with van der Waals surface area (Å²) in [6.45, 7) is 0.231. The van der Waals surface area contributed by atoms with Crippen LogP contribution in [0.1, 0.15) is 16.9 Å². The topological polar surface area (TPSA) is 67.4 Å². The van der Waals surface area contributed by atoms with E-state index in [9.17, 15) is 4.79 Å². The van der Waals surface area contributed by atoms with E-state index in [4.69, 9.17) is 32.4 Å². The van der Waals surface area contributed by atoms with Gasteiger partial charge >= 0.3 is 0 Å². The monoisotopic (exact) mass is 485 g/mol. The number of benzene rings is 2. The van der Waals surface area contributed by atoms with Crippen molar-refractivity contribution >= 4 is 58.3 Å². The molecular formula is C23H17Cl2N3O3S. The van der Waals surface area contributed by atoms with E-state index in [0.717, 1.165) is 5.56 Å². The fraction of sp³-hybridized carbons (Fsp3) is 0.0870. The summed E-state index contributed by atoms with van der Waals surface area (Å²) in [5.41, 5.74) is 1.42. The van der Waals surface area contributed by atoms with Crippen molar-refractivity contribution in [1.82, 2.24) is 4.90 Å². The molecule has 0 aliphatic carbocycles. The molecule has 0 bridgehead atoms. The molecule has 1 aliphatic rings. The van der Waals surface area contributed by atoms with Crippen LogP contribution in [0, 0.1) is 0 Å². The van der Waals surface area contributed by atoms with Crippen molar-refractivity contribution in [3.63, 3.8) is 0 Å². The van der Waals surface area contributed by atoms with Gasteiger partial charge in [-0.15, -0.1) is 5.10 Å². The number of hydrogen-bond donors (Lipinski definition) is 0. The summed E-state index contributed by atoms with van der Waals surface area (Å²) in [4.78, 5) is 15.2. The number of thioether (sulfide) groups is 1. The second-order valence-electron chi connectivity index (χ2n) is 6.59. The second-order valence-corrected chi connectivity index (χ2v) is 8.39. The molecule has 9 heteroatoms. The van der Waals surface area contributed by atoms with Gasteiger partial charge in [0.1, 0.15) is 11.5 Å². The molecule has 0 spiro atoms. The van der Waals surface area contributed by atoms with E-state index in [1.165, 1.54) is 22.9 Å². The average Bonchev–Trinajstić information content (AvgIpc) is 3.41. The number of hydrogen-bond acceptors (Lipinski definition) is 6. The normalized spacial score (nSPS) is 16.6. The minimum Gasteiger partial charge on any atom is -0.496 e. The standard InChI is InChI=1S/C23H17Cl2N3O3S/c1-30-19-10-3-2-6-15(19)12-20-22(29)28(14-17-8-5-11-31-17)23(32-20)27-26-13-16-7-4-9-18(24)21(16)25/h2-13H,14H2,1H3/b20-12-,26-13-,27-23+. The maximum absolute atomic E-state index is 13.2. The number of carbonyl (C=O) groups is 1. The summed E-state index contributed by atoms with van der Waals surface area (Å²) in [5.74, 6) is 1.10. The van der Waals surface area contributed by atoms with Crippen molar-refractivity contribution in [2.75, 3.05) is 7.11 Å². The number of para-hydroxylation sites is 1. The summed E-state index contributed by atoms with van der Waals surface area (Å²) in [6.07, 6.45) is 4.84. The van der Waals surface area contributed by atoms with E-state index in [1.807, 2.05) is 24.3 Å². The maximum atomic E-state index is 13.2. The van der Waals surface area contributed by atoms with Crippen LogP contribution in [0.2, 0.25) is 10.0 Å². The first-order valence-electron chi connectivity index (χ1n) is 9.48. The van der Waals surface area contributed by atoms with Crippen molar-refractivity contribution in [2.24, 2.45) is 10.2 Å². The van der Waals surface area contributed by atoms with E-state index in [0.29, 0.717) is 37.2 Å². The summed E-state index contributed by atoms with van der Waals surface area (Å²) in [5, 5.41) is 9.64. The quantitative estimate of drug-likeness (QED) is 0.240. The lowest BCUT2D eigenvalue weighted by atomic mass is 10.2. The van der Waals surface area contributed by atoms with Crippen LogP contribution in [-0.4, -0.2) is 29.3 Å². The smallest absolute Gasteiger partial charge is 0.267 e. The van der Waals surface area contributed by atoms with E-state index in [-0.39, 0.29) is 12.5 Å². The minimum absolute atomic E-state index is 0.202. The third kappa shape index (κ3) is 4.91. The predicted molar refractivity (Wildman–Crippen MR) is 129 cm³/mol. The third-order valence-electron chi connectivity index (χ3n) is 4.53. The fourth-order valence-electron chi connectivity index (χ4n) is 2.97. The van der Waals surface area contributed by atoms with Crippen LogP contribution in [0.15, 0.2) is 80.4 Å². The Bertz CT molecular complexity index is 1220. The summed E-state index contributed by atoms with van der Waals surface area (Å²) in [6, 6.07) is 16.3. The molecular weight excluding hydrogens is 469 g/mol. The molecule has 0 atom stereocenters. The third-order valence-corrected chi connectivity index (χ3v) is 6.36. The Morgan fingerprint density at radius 3 is 2.69 bits per heavy atom. The van der Waals surface area contributed by atoms with Crippen molar-refractivity contribution in [3.05, 3.63) is 92.7 Å². The molecule has 32 heavy (non-hydrogen) atoms. The van der Waals surface area contributed by atoms with Crippen LogP contribution in [0.5, 0.6) is 5.75 Å². The van der Waals surface area contributed by atoms with Gasteiger partial charge < -0.3 is 9.15 Å². The molecule has 1 aromatic heterocycles. The van der Waals surface area contributed by atoms with Crippen LogP contribution in [0.4, 0.5) is 0 Å². The first kappa shape index (κ1) is 22.2. The Balaban J connectivity index is 1.66. The highest BCUT2D eigenvalue weighted by Gasteiger charge is 2.34. The minimum atomic E-state index is -0.202. The van der Waals surface area contributed by atoms with Crippen LogP contribution in [0.3, 0.4) is 0 Å². The van der Waals surface area contributed by atoms with Crippen molar-refractivity contribution in [1.29, 1.82) is 0 Å². The average molecular weight is 486 g/mol. The Morgan fingerprint density at radius 2 is 1.91 bits per heavy atom. The Hall–Kier alpha value is -3.00. The number of nitrogens with zero attached hydrogens (tertiary/aromatic N) is 3. The Morgan fingerprint density at radius 1 is 1.09 bits per heavy atom. The van der Waals surface area contributed by atoms with Gasteiger partial charge in [0.2, 0.25) is 0 Å². The van der Waals surface area contributed by atoms with Gasteiger partial charge in [0.15, 0.2) is 5.17 Å². The van der Waals surface area contributed by atoms with Crippen molar-refractivity contribution < 1.29 is 13.9 Å². The van der Waals surface area contributed by atoms with Crippen LogP contribution < -0.4 is 4.74 Å². The van der Waals surface area contributed by atoms with E-state index in [2.05, 4.69) is 10.2 Å². The summed E-state index contributed by atoms with van der Waals surface area (Å²) >= 11 is 13.5. The molecule has 1 amide bonds. The van der Waals surface area contributed by atoms with Gasteiger partial charge in [-0.05, 0) is 42.1 Å². The highest BCUT2D eigenvalue weighted by atomic mass is 35.5. The molecule has 1 saturated heterocycles. The number of halogens is 2. The van der Waals surface area contributed by atoms with Crippen LogP contribution in [0.25, 0.3) is 6.08 Å². The number of carbonyl (C=O) groups excluding carboxylic acids is 1. The fourth-order valence-corrected chi connectivity index (χ4v) is 4.25. The predicted octanol–water partition coefficient (Wildman–Crippen LogP) is 6.10. The van der Waals surface area contributed by atoms with Crippen LogP contribution in [-0.2, 0) is 11.3 Å². The molecule has 2 aromatic carbocycles. The molecule has 0 saturated carbocycles. The zero-order valence-electron chi connectivity index (χ0n) is 16.9. The lowest BCUT2D eigenvalue weighted by molar-refractivity contribution is -0.122. The summed E-state index contributed by atoms with van der Waals surface area (Å²) in [7, 11) is 1.59. The number of amides is 1. The van der Waals surface area contributed by atoms with Crippen molar-refractivity contribution in [2.45, 2.75) is 6.54 Å². The van der Waals surface area contributed by atoms with Crippen LogP contribution >= 0.6 is 35.0 Å². The molecule has 4 rings (SSSR count). The Kier molecular flexibility index (Phi) is 6.99. The van der Waals surface area contributed by atoms with Gasteiger partial charge in [0.25, 0.3) is 5.91 Å². The summed E-state index contributed by atoms with van der Waals surface area (Å²) < 4.78 is 10.8. The van der Waals surface area contributed by atoms with E-state index in [1.54, 1.807) is 49.8 Å². The molecule has 0 unspecified atom stereocenters. The van der Waals surface area contributed by atoms with Gasteiger partial charge in [-0.25, -0.2) is 0 Å². The molecule has 6 nitrogen and oxygen atoms in total. The number of furan rings is 1. The van der Waals surface area contributed by atoms with Gasteiger partial charge in [0.05, 0.1) is 41.1 Å². The lowest BCUT2D eigenvalue weighted by Gasteiger charge is -2.12. The molecule has 0 N–H and O–H groups in total. The number of ether oxygens (including phenoxy) is 1. The largest absolute Gasteiger partial charge is 0.496 e. The maximum Gasteiger partial charge on any atom is 0.267 e. The van der Waals surface area contributed by atoms with E-state index >= 15 is 0 Å². The molecule has 1 aliphatic heterocycles. The highest BCUT2D eigenvalue weighted by Crippen LogP contribution is 2.35. The molecule has 1 fully saturated rings. The van der Waals surface area contributed by atoms with Gasteiger partial charge in [0, 0.05) is 11.1 Å². The molecule has 0 radical (unpaired) electrons.